The third-order valence-electron chi connectivity index (χ3n) is 1.51. The van der Waals surface area contributed by atoms with Gasteiger partial charge in [-0.15, -0.1) is 0 Å². The van der Waals surface area contributed by atoms with E-state index in [4.69, 9.17) is 0 Å². The minimum Gasteiger partial charge on any atom is -0.352 e. The van der Waals surface area contributed by atoms with Crippen molar-refractivity contribution in [2.45, 2.75) is 6.92 Å². The Hall–Kier alpha value is -0.350. The zero-order valence-corrected chi connectivity index (χ0v) is 10.3. The standard InChI is InChI=1S/C9H9Br2NO/c1-2-12-9(13)7-5-6(10)3-4-8(7)11/h3-5H,2H2,1H3,(H,12,13). The van der Waals surface area contributed by atoms with Crippen LogP contribution in [0.25, 0.3) is 0 Å². The fraction of sp³-hybridized carbons (Fsp3) is 0.222. The topological polar surface area (TPSA) is 29.1 Å². The predicted octanol–water partition coefficient (Wildman–Crippen LogP) is 2.96. The van der Waals surface area contributed by atoms with Gasteiger partial charge < -0.3 is 5.32 Å². The first kappa shape index (κ1) is 10.7. The zero-order chi connectivity index (χ0) is 9.84. The van der Waals surface area contributed by atoms with Gasteiger partial charge >= 0.3 is 0 Å². The van der Waals surface area contributed by atoms with E-state index in [2.05, 4.69) is 37.2 Å². The molecule has 70 valence electrons. The molecule has 0 aliphatic rings. The molecule has 0 aromatic heterocycles. The van der Waals surface area contributed by atoms with Crippen molar-refractivity contribution >= 4 is 37.8 Å². The monoisotopic (exact) mass is 305 g/mol. The molecular weight excluding hydrogens is 298 g/mol. The van der Waals surface area contributed by atoms with Crippen LogP contribution in [0.15, 0.2) is 27.1 Å². The molecule has 0 radical (unpaired) electrons. The second-order valence-corrected chi connectivity index (χ2v) is 4.25. The number of amides is 1. The normalized spacial score (nSPS) is 9.77. The largest absolute Gasteiger partial charge is 0.352 e. The van der Waals surface area contributed by atoms with Gasteiger partial charge in [-0.25, -0.2) is 0 Å². The van der Waals surface area contributed by atoms with Crippen molar-refractivity contribution in [1.29, 1.82) is 0 Å². The van der Waals surface area contributed by atoms with Crippen LogP contribution in [0.4, 0.5) is 0 Å². The molecule has 2 nitrogen and oxygen atoms in total. The van der Waals surface area contributed by atoms with E-state index >= 15 is 0 Å². The fourth-order valence-corrected chi connectivity index (χ4v) is 1.72. The van der Waals surface area contributed by atoms with E-state index in [9.17, 15) is 4.79 Å². The van der Waals surface area contributed by atoms with Crippen molar-refractivity contribution in [2.24, 2.45) is 0 Å². The Morgan fingerprint density at radius 3 is 2.77 bits per heavy atom. The molecule has 1 amide bonds. The van der Waals surface area contributed by atoms with Crippen LogP contribution in [0.3, 0.4) is 0 Å². The second-order valence-electron chi connectivity index (χ2n) is 2.48. The molecule has 1 aromatic carbocycles. The van der Waals surface area contributed by atoms with Gasteiger partial charge in [0.1, 0.15) is 0 Å². The van der Waals surface area contributed by atoms with Crippen LogP contribution < -0.4 is 5.32 Å². The summed E-state index contributed by atoms with van der Waals surface area (Å²) in [7, 11) is 0. The molecular formula is C9H9Br2NO. The SMILES string of the molecule is CCNC(=O)c1cc(Br)ccc1Br. The molecule has 0 unspecified atom stereocenters. The van der Waals surface area contributed by atoms with Gasteiger partial charge in [-0.05, 0) is 41.1 Å². The molecule has 0 atom stereocenters. The van der Waals surface area contributed by atoms with E-state index in [1.165, 1.54) is 0 Å². The van der Waals surface area contributed by atoms with E-state index in [-0.39, 0.29) is 5.91 Å². The molecule has 0 saturated carbocycles. The lowest BCUT2D eigenvalue weighted by Gasteiger charge is -2.04. The summed E-state index contributed by atoms with van der Waals surface area (Å²) in [4.78, 5) is 11.5. The summed E-state index contributed by atoms with van der Waals surface area (Å²) in [6.07, 6.45) is 0. The van der Waals surface area contributed by atoms with Crippen LogP contribution in [0.2, 0.25) is 0 Å². The Labute approximate surface area is 94.0 Å². The van der Waals surface area contributed by atoms with Gasteiger partial charge in [-0.1, -0.05) is 15.9 Å². The summed E-state index contributed by atoms with van der Waals surface area (Å²) in [5, 5.41) is 2.74. The van der Waals surface area contributed by atoms with E-state index < -0.39 is 0 Å². The highest BCUT2D eigenvalue weighted by molar-refractivity contribution is 9.11. The van der Waals surface area contributed by atoms with Crippen LogP contribution in [0.5, 0.6) is 0 Å². The maximum absolute atomic E-state index is 11.5. The third kappa shape index (κ3) is 2.81. The van der Waals surface area contributed by atoms with Crippen LogP contribution in [0, 0.1) is 0 Å². The Bertz CT molecular complexity index is 325. The van der Waals surface area contributed by atoms with Crippen LogP contribution in [-0.2, 0) is 0 Å². The summed E-state index contributed by atoms with van der Waals surface area (Å²) in [5.74, 6) is -0.0596. The molecule has 0 aliphatic carbocycles. The lowest BCUT2D eigenvalue weighted by molar-refractivity contribution is 0.0955. The van der Waals surface area contributed by atoms with E-state index in [0.29, 0.717) is 12.1 Å². The third-order valence-corrected chi connectivity index (χ3v) is 2.70. The number of nitrogens with one attached hydrogen (secondary N) is 1. The maximum atomic E-state index is 11.5. The quantitative estimate of drug-likeness (QED) is 0.894. The average molecular weight is 307 g/mol. The summed E-state index contributed by atoms with van der Waals surface area (Å²) < 4.78 is 1.71. The molecule has 1 N–H and O–H groups in total. The van der Waals surface area contributed by atoms with Gasteiger partial charge in [-0.3, -0.25) is 4.79 Å². The highest BCUT2D eigenvalue weighted by Gasteiger charge is 2.08. The fourth-order valence-electron chi connectivity index (χ4n) is 0.927. The summed E-state index contributed by atoms with van der Waals surface area (Å²) >= 11 is 6.63. The molecule has 4 heteroatoms. The first-order valence-corrected chi connectivity index (χ1v) is 5.47. The van der Waals surface area contributed by atoms with Crippen molar-refractivity contribution in [3.05, 3.63) is 32.7 Å². The van der Waals surface area contributed by atoms with Crippen molar-refractivity contribution in [3.8, 4) is 0 Å². The van der Waals surface area contributed by atoms with Gasteiger partial charge in [0.25, 0.3) is 5.91 Å². The number of rotatable bonds is 2. The predicted molar refractivity (Wildman–Crippen MR) is 59.8 cm³/mol. The van der Waals surface area contributed by atoms with Gasteiger partial charge in [0, 0.05) is 15.5 Å². The molecule has 0 saturated heterocycles. The van der Waals surface area contributed by atoms with Crippen LogP contribution >= 0.6 is 31.9 Å². The second kappa shape index (κ2) is 4.77. The van der Waals surface area contributed by atoms with Crippen molar-refractivity contribution in [1.82, 2.24) is 5.32 Å². The van der Waals surface area contributed by atoms with Crippen LogP contribution in [-0.4, -0.2) is 12.5 Å². The molecule has 0 spiro atoms. The Morgan fingerprint density at radius 1 is 1.46 bits per heavy atom. The minimum atomic E-state index is -0.0596. The highest BCUT2D eigenvalue weighted by Crippen LogP contribution is 2.21. The molecule has 0 heterocycles. The van der Waals surface area contributed by atoms with Crippen molar-refractivity contribution in [3.63, 3.8) is 0 Å². The molecule has 0 bridgehead atoms. The van der Waals surface area contributed by atoms with Crippen molar-refractivity contribution < 1.29 is 4.79 Å². The number of halogens is 2. The van der Waals surface area contributed by atoms with E-state index in [1.807, 2.05) is 19.1 Å². The van der Waals surface area contributed by atoms with Gasteiger partial charge in [0.15, 0.2) is 0 Å². The summed E-state index contributed by atoms with van der Waals surface area (Å²) in [6, 6.07) is 5.51. The Morgan fingerprint density at radius 2 is 2.15 bits per heavy atom. The Kier molecular flexibility index (Phi) is 3.93. The van der Waals surface area contributed by atoms with Gasteiger partial charge in [-0.2, -0.15) is 0 Å². The molecule has 1 aromatic rings. The number of hydrogen-bond donors (Lipinski definition) is 1. The molecule has 0 aliphatic heterocycles. The molecule has 1 rings (SSSR count). The number of hydrogen-bond acceptors (Lipinski definition) is 1. The number of carbonyl (C=O) groups is 1. The average Bonchev–Trinajstić information content (AvgIpc) is 2.09. The molecule has 13 heavy (non-hydrogen) atoms. The van der Waals surface area contributed by atoms with Crippen LogP contribution in [0.1, 0.15) is 17.3 Å². The maximum Gasteiger partial charge on any atom is 0.252 e. The summed E-state index contributed by atoms with van der Waals surface area (Å²) in [5.41, 5.74) is 0.649. The zero-order valence-electron chi connectivity index (χ0n) is 7.10. The van der Waals surface area contributed by atoms with Gasteiger partial charge in [0.05, 0.1) is 5.56 Å². The minimum absolute atomic E-state index is 0.0596. The lowest BCUT2D eigenvalue weighted by Crippen LogP contribution is -2.22. The number of benzene rings is 1. The first-order chi connectivity index (χ1) is 6.15. The van der Waals surface area contributed by atoms with E-state index in [0.717, 1.165) is 8.95 Å². The summed E-state index contributed by atoms with van der Waals surface area (Å²) in [6.45, 7) is 2.53. The first-order valence-electron chi connectivity index (χ1n) is 3.88. The Balaban J connectivity index is 2.99. The molecule has 0 fully saturated rings. The van der Waals surface area contributed by atoms with Gasteiger partial charge in [0.2, 0.25) is 0 Å². The van der Waals surface area contributed by atoms with Crippen molar-refractivity contribution in [2.75, 3.05) is 6.54 Å². The highest BCUT2D eigenvalue weighted by atomic mass is 79.9. The van der Waals surface area contributed by atoms with E-state index in [1.54, 1.807) is 6.07 Å². The smallest absolute Gasteiger partial charge is 0.252 e. The lowest BCUT2D eigenvalue weighted by atomic mass is 10.2. The number of carbonyl (C=O) groups excluding carboxylic acids is 1.